The number of nitrogens with zero attached hydrogens (tertiary/aromatic N) is 6. The minimum Gasteiger partial charge on any atom is -0.461 e. The van der Waals surface area contributed by atoms with Crippen LogP contribution in [0.3, 0.4) is 0 Å². The fraction of sp³-hybridized carbons (Fsp3) is 0.515. The Morgan fingerprint density at radius 1 is 1.14 bits per heavy atom. The molecule has 0 bridgehead atoms. The number of rotatable bonds is 6. The van der Waals surface area contributed by atoms with E-state index in [9.17, 15) is 26.7 Å². The second-order valence-corrected chi connectivity index (χ2v) is 13.7. The summed E-state index contributed by atoms with van der Waals surface area (Å²) in [6, 6.07) is 2.51. The predicted octanol–water partition coefficient (Wildman–Crippen LogP) is 6.57. The highest BCUT2D eigenvalue weighted by atomic mass is 35.5. The van der Waals surface area contributed by atoms with Crippen LogP contribution in [0.2, 0.25) is 10.0 Å². The molecule has 1 unspecified atom stereocenters. The lowest BCUT2D eigenvalue weighted by molar-refractivity contribution is -0.139. The van der Waals surface area contributed by atoms with E-state index in [0.29, 0.717) is 48.9 Å². The lowest BCUT2D eigenvalue weighted by Crippen LogP contribution is -2.43. The summed E-state index contributed by atoms with van der Waals surface area (Å²) in [6.07, 6.45) is -2.61. The van der Waals surface area contributed by atoms with Crippen molar-refractivity contribution in [3.05, 3.63) is 68.6 Å². The monoisotopic (exact) mass is 758 g/mol. The molecule has 18 heteroatoms. The van der Waals surface area contributed by atoms with Gasteiger partial charge in [-0.2, -0.15) is 37.0 Å². The summed E-state index contributed by atoms with van der Waals surface area (Å²) in [6.45, 7) is 6.04. The van der Waals surface area contributed by atoms with E-state index < -0.39 is 28.9 Å². The quantitative estimate of drug-likeness (QED) is 0.212. The minimum atomic E-state index is -4.72. The number of amides is 1. The molecule has 1 atom stereocenters. The van der Waals surface area contributed by atoms with Crippen LogP contribution in [0.25, 0.3) is 0 Å². The summed E-state index contributed by atoms with van der Waals surface area (Å²) in [4.78, 5) is 26.6. The van der Waals surface area contributed by atoms with E-state index in [0.717, 1.165) is 44.8 Å². The zero-order valence-electron chi connectivity index (χ0n) is 27.8. The molecule has 2 fully saturated rings. The number of hydrogen-bond donors (Lipinski definition) is 2. The highest BCUT2D eigenvalue weighted by Crippen LogP contribution is 2.45. The molecule has 3 aromatic rings. The van der Waals surface area contributed by atoms with Gasteiger partial charge in [0.1, 0.15) is 12.4 Å². The van der Waals surface area contributed by atoms with Gasteiger partial charge in [0, 0.05) is 37.8 Å². The highest BCUT2D eigenvalue weighted by molar-refractivity contribution is 6.34. The maximum absolute atomic E-state index is 14.2. The minimum absolute atomic E-state index is 0.0225. The van der Waals surface area contributed by atoms with Gasteiger partial charge < -0.3 is 25.4 Å². The van der Waals surface area contributed by atoms with Crippen LogP contribution < -0.4 is 20.7 Å². The maximum Gasteiger partial charge on any atom is 0.418 e. The van der Waals surface area contributed by atoms with Gasteiger partial charge in [0.25, 0.3) is 12.0 Å². The Kier molecular flexibility index (Phi) is 10.7. The Balaban J connectivity index is 0.00000107. The van der Waals surface area contributed by atoms with Crippen LogP contribution in [0, 0.1) is 0 Å². The van der Waals surface area contributed by atoms with E-state index in [1.54, 1.807) is 4.68 Å². The summed E-state index contributed by atoms with van der Waals surface area (Å²) in [5.74, 6) is 0.160. The third kappa shape index (κ3) is 7.59. The van der Waals surface area contributed by atoms with Crippen molar-refractivity contribution in [2.45, 2.75) is 76.0 Å². The Bertz CT molecular complexity index is 1810. The van der Waals surface area contributed by atoms with E-state index in [4.69, 9.17) is 48.4 Å². The van der Waals surface area contributed by atoms with Crippen molar-refractivity contribution < 1.29 is 36.2 Å². The first kappa shape index (κ1) is 37.0. The van der Waals surface area contributed by atoms with Crippen molar-refractivity contribution in [3.63, 3.8) is 0 Å². The van der Waals surface area contributed by atoms with Crippen molar-refractivity contribution >= 4 is 40.6 Å². The number of alkyl halides is 3. The number of halogens is 7. The molecule has 4 aliphatic heterocycles. The fourth-order valence-corrected chi connectivity index (χ4v) is 8.17. The largest absolute Gasteiger partial charge is 0.461 e. The van der Waals surface area contributed by atoms with Gasteiger partial charge in [0.05, 0.1) is 51.8 Å². The van der Waals surface area contributed by atoms with E-state index in [2.05, 4.69) is 21.9 Å². The molecule has 11 nitrogen and oxygen atoms in total. The van der Waals surface area contributed by atoms with Crippen molar-refractivity contribution in [1.82, 2.24) is 30.0 Å². The first-order chi connectivity index (χ1) is 24.2. The standard InChI is InChI=1S/C31H35Cl2F3N8O3.C2H2F2/c1-38-28(45)26-25(33)22-14-42(7-4-10-44(22)41-26)27-19-15-46-23(18-11-17(37)12-20(32)24(18)31(34,35)36)13-21(19)39-29(40-27)47-16-30-5-2-8-43(30)9-3-6-30;1-2(3)4/h11-12,23H,2-10,13-16,37H2,1H3,(H,38,45);1H2. The van der Waals surface area contributed by atoms with Crippen molar-refractivity contribution in [2.24, 2.45) is 0 Å². The van der Waals surface area contributed by atoms with Gasteiger partial charge in [-0.1, -0.05) is 23.2 Å². The SMILES string of the molecule is C=C(F)F.CNC(=O)c1nn2c(c1Cl)CN(c1nc(OCC34CCCN3CCC4)nc3c1COC(c1cc(N)cc(Cl)c1C(F)(F)F)C3)CCC2. The van der Waals surface area contributed by atoms with Gasteiger partial charge in [-0.3, -0.25) is 14.4 Å². The predicted molar refractivity (Wildman–Crippen MR) is 180 cm³/mol. The summed E-state index contributed by atoms with van der Waals surface area (Å²) in [7, 11) is 1.52. The van der Waals surface area contributed by atoms with Crippen LogP contribution in [0.4, 0.5) is 33.5 Å². The van der Waals surface area contributed by atoms with Gasteiger partial charge >= 0.3 is 12.2 Å². The maximum atomic E-state index is 14.2. The summed E-state index contributed by atoms with van der Waals surface area (Å²) >= 11 is 12.8. The molecule has 1 aromatic carbocycles. The normalized spacial score (nSPS) is 19.7. The second-order valence-electron chi connectivity index (χ2n) is 13.0. The van der Waals surface area contributed by atoms with E-state index in [-0.39, 0.29) is 59.0 Å². The summed E-state index contributed by atoms with van der Waals surface area (Å²) < 4.78 is 77.1. The molecular weight excluding hydrogens is 722 g/mol. The molecular formula is C33H37Cl2F5N8O3. The van der Waals surface area contributed by atoms with Crippen LogP contribution in [0.1, 0.15) is 76.8 Å². The average Bonchev–Trinajstić information content (AvgIpc) is 3.68. The molecule has 7 rings (SSSR count). The first-order valence-electron chi connectivity index (χ1n) is 16.5. The van der Waals surface area contributed by atoms with Gasteiger partial charge in [-0.05, 0) is 69.5 Å². The topological polar surface area (TPSA) is 124 Å². The van der Waals surface area contributed by atoms with Crippen LogP contribution in [0.15, 0.2) is 24.8 Å². The molecule has 0 saturated carbocycles. The summed E-state index contributed by atoms with van der Waals surface area (Å²) in [5.41, 5.74) is 6.83. The van der Waals surface area contributed by atoms with Crippen molar-refractivity contribution in [2.75, 3.05) is 43.9 Å². The molecule has 4 aliphatic rings. The number of fused-ring (bicyclic) bond motifs is 3. The Morgan fingerprint density at radius 3 is 2.51 bits per heavy atom. The van der Waals surface area contributed by atoms with E-state index >= 15 is 0 Å². The number of carbonyl (C=O) groups excluding carboxylic acids is 1. The smallest absolute Gasteiger partial charge is 0.418 e. The molecule has 2 aromatic heterocycles. The number of hydrogen-bond acceptors (Lipinski definition) is 9. The molecule has 0 aliphatic carbocycles. The van der Waals surface area contributed by atoms with E-state index in [1.165, 1.54) is 13.1 Å². The number of nitrogens with one attached hydrogen (secondary N) is 1. The third-order valence-electron chi connectivity index (χ3n) is 9.79. The number of benzene rings is 1. The third-order valence-corrected chi connectivity index (χ3v) is 10.5. The Hall–Kier alpha value is -3.73. The first-order valence-corrected chi connectivity index (χ1v) is 17.2. The number of carbonyl (C=O) groups is 1. The van der Waals surface area contributed by atoms with Crippen LogP contribution in [-0.4, -0.2) is 69.4 Å². The number of nitrogens with two attached hydrogens (primary N) is 1. The van der Waals surface area contributed by atoms with Gasteiger partial charge in [0.2, 0.25) is 0 Å². The molecule has 276 valence electrons. The number of anilines is 2. The van der Waals surface area contributed by atoms with Gasteiger partial charge in [0.15, 0.2) is 5.69 Å². The number of nitrogen functional groups attached to an aromatic ring is 1. The molecule has 0 radical (unpaired) electrons. The average molecular weight is 760 g/mol. The Labute approximate surface area is 300 Å². The highest BCUT2D eigenvalue weighted by Gasteiger charge is 2.45. The molecule has 3 N–H and O–H groups in total. The van der Waals surface area contributed by atoms with Crippen LogP contribution in [-0.2, 0) is 37.0 Å². The zero-order valence-corrected chi connectivity index (χ0v) is 29.3. The van der Waals surface area contributed by atoms with Crippen molar-refractivity contribution in [1.29, 1.82) is 0 Å². The zero-order chi connectivity index (χ0) is 36.7. The Morgan fingerprint density at radius 2 is 1.84 bits per heavy atom. The van der Waals surface area contributed by atoms with Gasteiger partial charge in [-0.15, -0.1) is 0 Å². The molecule has 6 heterocycles. The van der Waals surface area contributed by atoms with Crippen molar-refractivity contribution in [3.8, 4) is 6.01 Å². The fourth-order valence-electron chi connectivity index (χ4n) is 7.55. The lowest BCUT2D eigenvalue weighted by atomic mass is 9.94. The molecule has 2 saturated heterocycles. The molecule has 51 heavy (non-hydrogen) atoms. The summed E-state index contributed by atoms with van der Waals surface area (Å²) in [5, 5.41) is 6.79. The van der Waals surface area contributed by atoms with E-state index in [1.807, 2.05) is 4.90 Å². The molecule has 0 spiro atoms. The number of aromatic nitrogens is 4. The second kappa shape index (κ2) is 14.7. The van der Waals surface area contributed by atoms with Crippen LogP contribution >= 0.6 is 23.2 Å². The molecule has 1 amide bonds. The lowest BCUT2D eigenvalue weighted by Gasteiger charge is -2.33. The van der Waals surface area contributed by atoms with Gasteiger partial charge in [-0.25, -0.2) is 0 Å². The van der Waals surface area contributed by atoms with Crippen LogP contribution in [0.5, 0.6) is 6.01 Å². The number of ether oxygens (including phenoxy) is 2. The number of aryl methyl sites for hydroxylation is 1.